The van der Waals surface area contributed by atoms with Crippen LogP contribution >= 0.6 is 0 Å². The van der Waals surface area contributed by atoms with Crippen LogP contribution in [-0.2, 0) is 0 Å². The number of anilines is 2. The molecule has 0 spiro atoms. The highest BCUT2D eigenvalue weighted by Crippen LogP contribution is 2.29. The van der Waals surface area contributed by atoms with Crippen LogP contribution in [0, 0.1) is 0 Å². The van der Waals surface area contributed by atoms with Crippen LogP contribution in [0.15, 0.2) is 18.2 Å². The van der Waals surface area contributed by atoms with Gasteiger partial charge in [-0.15, -0.1) is 0 Å². The molecule has 3 N–H and O–H groups in total. The predicted octanol–water partition coefficient (Wildman–Crippen LogP) is 1.85. The van der Waals surface area contributed by atoms with Crippen LogP contribution in [0.25, 0.3) is 0 Å². The van der Waals surface area contributed by atoms with E-state index in [9.17, 15) is 0 Å². The van der Waals surface area contributed by atoms with E-state index in [2.05, 4.69) is 5.32 Å². The summed E-state index contributed by atoms with van der Waals surface area (Å²) < 4.78 is 5.12. The van der Waals surface area contributed by atoms with E-state index in [-0.39, 0.29) is 0 Å². The number of rotatable bonds is 3. The maximum Gasteiger partial charge on any atom is 0.143 e. The maximum absolute atomic E-state index is 5.69. The van der Waals surface area contributed by atoms with Crippen LogP contribution in [0.1, 0.15) is 12.8 Å². The Morgan fingerprint density at radius 1 is 1.46 bits per heavy atom. The molecule has 1 aliphatic rings. The topological polar surface area (TPSA) is 47.3 Å². The molecule has 1 aromatic rings. The second-order valence-corrected chi connectivity index (χ2v) is 3.38. The van der Waals surface area contributed by atoms with Crippen molar-refractivity contribution in [1.29, 1.82) is 0 Å². The number of nitrogens with two attached hydrogens (primary N) is 1. The maximum atomic E-state index is 5.69. The third-order valence-electron chi connectivity index (χ3n) is 2.18. The SMILES string of the molecule is COc1cc(NC2CC2)ccc1N. The van der Waals surface area contributed by atoms with E-state index in [0.717, 1.165) is 11.4 Å². The van der Waals surface area contributed by atoms with Crippen molar-refractivity contribution in [3.63, 3.8) is 0 Å². The number of ether oxygens (including phenoxy) is 1. The lowest BCUT2D eigenvalue weighted by molar-refractivity contribution is 0.417. The van der Waals surface area contributed by atoms with Crippen LogP contribution in [0.4, 0.5) is 11.4 Å². The first-order valence-electron chi connectivity index (χ1n) is 4.49. The number of hydrogen-bond donors (Lipinski definition) is 2. The normalized spacial score (nSPS) is 15.5. The molecule has 0 unspecified atom stereocenters. The summed E-state index contributed by atoms with van der Waals surface area (Å²) in [6.45, 7) is 0. The quantitative estimate of drug-likeness (QED) is 0.694. The Bertz CT molecular complexity index is 308. The van der Waals surface area contributed by atoms with E-state index >= 15 is 0 Å². The molecule has 0 amide bonds. The summed E-state index contributed by atoms with van der Waals surface area (Å²) in [6, 6.07) is 6.45. The Kier molecular flexibility index (Phi) is 2.00. The van der Waals surface area contributed by atoms with Crippen molar-refractivity contribution in [2.75, 3.05) is 18.2 Å². The van der Waals surface area contributed by atoms with E-state index in [1.165, 1.54) is 12.8 Å². The second-order valence-electron chi connectivity index (χ2n) is 3.38. The lowest BCUT2D eigenvalue weighted by Gasteiger charge is -2.08. The molecule has 1 aromatic carbocycles. The lowest BCUT2D eigenvalue weighted by atomic mass is 10.2. The van der Waals surface area contributed by atoms with Gasteiger partial charge in [-0.25, -0.2) is 0 Å². The highest BCUT2D eigenvalue weighted by Gasteiger charge is 2.20. The van der Waals surface area contributed by atoms with Gasteiger partial charge in [0.25, 0.3) is 0 Å². The molecule has 0 saturated heterocycles. The molecule has 1 saturated carbocycles. The monoisotopic (exact) mass is 178 g/mol. The number of benzene rings is 1. The molecule has 1 fully saturated rings. The third-order valence-corrected chi connectivity index (χ3v) is 2.18. The van der Waals surface area contributed by atoms with Crippen molar-refractivity contribution < 1.29 is 4.74 Å². The molecule has 13 heavy (non-hydrogen) atoms. The molecule has 1 aliphatic carbocycles. The molecule has 0 aliphatic heterocycles. The number of nitrogens with one attached hydrogen (secondary N) is 1. The average Bonchev–Trinajstić information content (AvgIpc) is 2.92. The molecule has 3 nitrogen and oxygen atoms in total. The van der Waals surface area contributed by atoms with Crippen LogP contribution in [0.5, 0.6) is 5.75 Å². The van der Waals surface area contributed by atoms with Crippen molar-refractivity contribution in [2.45, 2.75) is 18.9 Å². The minimum absolute atomic E-state index is 0.660. The van der Waals surface area contributed by atoms with Gasteiger partial charge in [-0.2, -0.15) is 0 Å². The molecular weight excluding hydrogens is 164 g/mol. The van der Waals surface area contributed by atoms with E-state index < -0.39 is 0 Å². The second kappa shape index (κ2) is 3.17. The van der Waals surface area contributed by atoms with Crippen LogP contribution in [0.3, 0.4) is 0 Å². The minimum Gasteiger partial charge on any atom is -0.495 e. The minimum atomic E-state index is 0.660. The highest BCUT2D eigenvalue weighted by atomic mass is 16.5. The summed E-state index contributed by atoms with van der Waals surface area (Å²) in [7, 11) is 1.63. The van der Waals surface area contributed by atoms with Crippen molar-refractivity contribution in [2.24, 2.45) is 0 Å². The van der Waals surface area contributed by atoms with Gasteiger partial charge in [0.05, 0.1) is 12.8 Å². The molecule has 0 radical (unpaired) electrons. The summed E-state index contributed by atoms with van der Waals surface area (Å²) in [4.78, 5) is 0. The molecule has 0 aromatic heterocycles. The smallest absolute Gasteiger partial charge is 0.143 e. The molecule has 0 heterocycles. The van der Waals surface area contributed by atoms with Gasteiger partial charge in [-0.3, -0.25) is 0 Å². The zero-order valence-corrected chi connectivity index (χ0v) is 7.71. The molecule has 70 valence electrons. The Morgan fingerprint density at radius 3 is 2.85 bits per heavy atom. The number of methoxy groups -OCH3 is 1. The Labute approximate surface area is 77.9 Å². The van der Waals surface area contributed by atoms with Gasteiger partial charge < -0.3 is 15.8 Å². The van der Waals surface area contributed by atoms with Gasteiger partial charge in [0, 0.05) is 17.8 Å². The van der Waals surface area contributed by atoms with E-state index in [0.29, 0.717) is 11.7 Å². The lowest BCUT2D eigenvalue weighted by Crippen LogP contribution is -2.01. The van der Waals surface area contributed by atoms with Gasteiger partial charge in [0.2, 0.25) is 0 Å². The van der Waals surface area contributed by atoms with Crippen LogP contribution in [0.2, 0.25) is 0 Å². The first-order chi connectivity index (χ1) is 6.29. The summed E-state index contributed by atoms with van der Waals surface area (Å²) >= 11 is 0. The summed E-state index contributed by atoms with van der Waals surface area (Å²) in [5.74, 6) is 0.741. The number of hydrogen-bond acceptors (Lipinski definition) is 3. The molecule has 2 rings (SSSR count). The van der Waals surface area contributed by atoms with Crippen molar-refractivity contribution in [3.05, 3.63) is 18.2 Å². The largest absolute Gasteiger partial charge is 0.495 e. The molecule has 0 atom stereocenters. The van der Waals surface area contributed by atoms with Gasteiger partial charge in [0.1, 0.15) is 5.75 Å². The van der Waals surface area contributed by atoms with Crippen molar-refractivity contribution in [3.8, 4) is 5.75 Å². The average molecular weight is 178 g/mol. The summed E-state index contributed by atoms with van der Waals surface area (Å²) in [6.07, 6.45) is 2.54. The predicted molar refractivity (Wildman–Crippen MR) is 54.1 cm³/mol. The standard InChI is InChI=1S/C10H14N2O/c1-13-10-6-8(4-5-9(10)11)12-7-2-3-7/h4-7,12H,2-3,11H2,1H3. The highest BCUT2D eigenvalue weighted by molar-refractivity contribution is 5.61. The van der Waals surface area contributed by atoms with Crippen molar-refractivity contribution in [1.82, 2.24) is 0 Å². The summed E-state index contributed by atoms with van der Waals surface area (Å²) in [5.41, 5.74) is 7.47. The fourth-order valence-electron chi connectivity index (χ4n) is 1.26. The zero-order chi connectivity index (χ0) is 9.26. The number of nitrogen functional groups attached to an aromatic ring is 1. The van der Waals surface area contributed by atoms with Crippen molar-refractivity contribution >= 4 is 11.4 Å². The molecule has 3 heteroatoms. The van der Waals surface area contributed by atoms with Gasteiger partial charge in [-0.1, -0.05) is 0 Å². The molecular formula is C10H14N2O. The Hall–Kier alpha value is -1.38. The fourth-order valence-corrected chi connectivity index (χ4v) is 1.26. The fraction of sp³-hybridized carbons (Fsp3) is 0.400. The van der Waals surface area contributed by atoms with Gasteiger partial charge >= 0.3 is 0 Å². The summed E-state index contributed by atoms with van der Waals surface area (Å²) in [5, 5.41) is 3.38. The third kappa shape index (κ3) is 1.86. The zero-order valence-electron chi connectivity index (χ0n) is 7.71. The van der Waals surface area contributed by atoms with Crippen LogP contribution < -0.4 is 15.8 Å². The van der Waals surface area contributed by atoms with E-state index in [1.54, 1.807) is 7.11 Å². The van der Waals surface area contributed by atoms with E-state index in [1.807, 2.05) is 18.2 Å². The van der Waals surface area contributed by atoms with Gasteiger partial charge in [0.15, 0.2) is 0 Å². The first kappa shape index (κ1) is 8.23. The van der Waals surface area contributed by atoms with E-state index in [4.69, 9.17) is 10.5 Å². The van der Waals surface area contributed by atoms with Crippen LogP contribution in [-0.4, -0.2) is 13.2 Å². The molecule has 0 bridgehead atoms. The van der Waals surface area contributed by atoms with Gasteiger partial charge in [-0.05, 0) is 25.0 Å². The Balaban J connectivity index is 2.16. The Morgan fingerprint density at radius 2 is 2.23 bits per heavy atom. The first-order valence-corrected chi connectivity index (χ1v) is 4.49.